The molecule has 1 amide bonds. The smallest absolute Gasteiger partial charge is 0.294 e. The van der Waals surface area contributed by atoms with E-state index in [0.29, 0.717) is 32.7 Å². The lowest BCUT2D eigenvalue weighted by atomic mass is 10.1. The quantitative estimate of drug-likeness (QED) is 0.311. The number of hydrogen-bond donors (Lipinski definition) is 2. The maximum Gasteiger partial charge on any atom is 0.294 e. The maximum atomic E-state index is 13.2. The van der Waals surface area contributed by atoms with Crippen LogP contribution in [0.15, 0.2) is 42.5 Å². The van der Waals surface area contributed by atoms with Crippen molar-refractivity contribution in [3.8, 4) is 5.75 Å². The van der Waals surface area contributed by atoms with E-state index in [1.807, 2.05) is 0 Å². The Morgan fingerprint density at radius 1 is 1.23 bits per heavy atom. The Balaban J connectivity index is 1.86. The first kappa shape index (κ1) is 22.1. The molecule has 0 unspecified atom stereocenters. The summed E-state index contributed by atoms with van der Waals surface area (Å²) >= 11 is 5.91. The Kier molecular flexibility index (Phi) is 6.76. The molecule has 0 fully saturated rings. The van der Waals surface area contributed by atoms with Crippen molar-refractivity contribution in [2.24, 2.45) is 0 Å². The van der Waals surface area contributed by atoms with Crippen LogP contribution in [0.25, 0.3) is 10.9 Å². The van der Waals surface area contributed by atoms with Crippen molar-refractivity contribution in [2.45, 2.75) is 19.8 Å². The summed E-state index contributed by atoms with van der Waals surface area (Å²) in [6, 6.07) is 11.1. The lowest BCUT2D eigenvalue weighted by Crippen LogP contribution is -2.27. The number of carbonyl (C=O) groups excluding carboxylic acids is 2. The number of fused-ring (bicyclic) bond motifs is 1. The summed E-state index contributed by atoms with van der Waals surface area (Å²) in [6.45, 7) is 1.83. The highest BCUT2D eigenvalue weighted by molar-refractivity contribution is 6.30. The second-order valence-corrected chi connectivity index (χ2v) is 7.29. The molecule has 0 atom stereocenters. The average Bonchev–Trinajstić information content (AvgIpc) is 2.98. The van der Waals surface area contributed by atoms with Gasteiger partial charge in [0.2, 0.25) is 5.91 Å². The van der Waals surface area contributed by atoms with E-state index in [4.69, 9.17) is 11.6 Å². The summed E-state index contributed by atoms with van der Waals surface area (Å²) in [5.74, 6) is -0.582. The van der Waals surface area contributed by atoms with Gasteiger partial charge in [-0.2, -0.15) is 0 Å². The summed E-state index contributed by atoms with van der Waals surface area (Å²) in [6.07, 6.45) is 0.256. The number of nitrogens with one attached hydrogen (secondary N) is 1. The lowest BCUT2D eigenvalue weighted by molar-refractivity contribution is -0.757. The van der Waals surface area contributed by atoms with Crippen LogP contribution in [-0.2, 0) is 16.1 Å². The van der Waals surface area contributed by atoms with Crippen molar-refractivity contribution in [1.29, 1.82) is 0 Å². The SMILES string of the molecule is Cc1c(CC(=O)NCCCO[N+](=O)[O-])c2cc(O)ccc2n1C(=O)c1ccc(Cl)cc1. The van der Waals surface area contributed by atoms with Gasteiger partial charge in [-0.05, 0) is 61.4 Å². The topological polar surface area (TPSA) is 124 Å². The molecule has 162 valence electrons. The first-order chi connectivity index (χ1) is 14.8. The molecule has 1 heterocycles. The molecule has 0 aliphatic carbocycles. The predicted octanol–water partition coefficient (Wildman–Crippen LogP) is 3.25. The molecular formula is C21H20ClN3O6. The molecule has 31 heavy (non-hydrogen) atoms. The van der Waals surface area contributed by atoms with Crippen LogP contribution in [0.2, 0.25) is 5.02 Å². The van der Waals surface area contributed by atoms with Crippen LogP contribution >= 0.6 is 11.6 Å². The second-order valence-electron chi connectivity index (χ2n) is 6.85. The molecule has 10 heteroatoms. The monoisotopic (exact) mass is 445 g/mol. The molecule has 3 rings (SSSR count). The van der Waals surface area contributed by atoms with Gasteiger partial charge in [0.25, 0.3) is 11.0 Å². The zero-order valence-corrected chi connectivity index (χ0v) is 17.4. The number of aromatic hydroxyl groups is 1. The van der Waals surface area contributed by atoms with Crippen LogP contribution in [0.3, 0.4) is 0 Å². The van der Waals surface area contributed by atoms with E-state index in [1.165, 1.54) is 16.7 Å². The van der Waals surface area contributed by atoms with Crippen molar-refractivity contribution < 1.29 is 24.6 Å². The van der Waals surface area contributed by atoms with Crippen molar-refractivity contribution in [2.75, 3.05) is 13.2 Å². The molecule has 0 saturated heterocycles. The third-order valence-electron chi connectivity index (χ3n) is 4.79. The Bertz CT molecular complexity index is 1140. The molecular weight excluding hydrogens is 426 g/mol. The van der Waals surface area contributed by atoms with Crippen LogP contribution < -0.4 is 5.32 Å². The molecule has 0 aliphatic heterocycles. The van der Waals surface area contributed by atoms with Crippen molar-refractivity contribution in [3.63, 3.8) is 0 Å². The van der Waals surface area contributed by atoms with E-state index in [2.05, 4.69) is 10.2 Å². The third-order valence-corrected chi connectivity index (χ3v) is 5.04. The Morgan fingerprint density at radius 2 is 1.94 bits per heavy atom. The molecule has 0 saturated carbocycles. The summed E-state index contributed by atoms with van der Waals surface area (Å²) in [5.41, 5.74) is 2.18. The number of phenols is 1. The van der Waals surface area contributed by atoms with E-state index in [0.717, 1.165) is 0 Å². The Morgan fingerprint density at radius 3 is 2.61 bits per heavy atom. The number of nitrogens with zero attached hydrogens (tertiary/aromatic N) is 2. The summed E-state index contributed by atoms with van der Waals surface area (Å²) in [7, 11) is 0. The van der Waals surface area contributed by atoms with Crippen LogP contribution in [0.5, 0.6) is 5.75 Å². The van der Waals surface area contributed by atoms with Crippen LogP contribution in [-0.4, -0.2) is 39.7 Å². The van der Waals surface area contributed by atoms with Gasteiger partial charge in [0.05, 0.1) is 18.5 Å². The number of phenolic OH excluding ortho intramolecular Hbond substituents is 1. The number of hydrogen-bond acceptors (Lipinski definition) is 6. The fourth-order valence-corrected chi connectivity index (χ4v) is 3.47. The number of amides is 1. The molecule has 0 radical (unpaired) electrons. The minimum atomic E-state index is -0.885. The third kappa shape index (κ3) is 5.13. The Hall–Kier alpha value is -3.59. The molecule has 2 N–H and O–H groups in total. The fraction of sp³-hybridized carbons (Fsp3) is 0.238. The average molecular weight is 446 g/mol. The molecule has 2 aromatic carbocycles. The van der Waals surface area contributed by atoms with E-state index in [9.17, 15) is 24.8 Å². The van der Waals surface area contributed by atoms with Gasteiger partial charge < -0.3 is 15.3 Å². The maximum absolute atomic E-state index is 13.2. The van der Waals surface area contributed by atoms with Gasteiger partial charge in [-0.1, -0.05) is 11.6 Å². The van der Waals surface area contributed by atoms with Crippen molar-refractivity contribution in [3.05, 3.63) is 74.4 Å². The molecule has 9 nitrogen and oxygen atoms in total. The fourth-order valence-electron chi connectivity index (χ4n) is 3.34. The zero-order chi connectivity index (χ0) is 22.5. The van der Waals surface area contributed by atoms with Crippen molar-refractivity contribution in [1.82, 2.24) is 9.88 Å². The van der Waals surface area contributed by atoms with E-state index in [-0.39, 0.29) is 43.6 Å². The molecule has 1 aromatic heterocycles. The molecule has 0 aliphatic rings. The van der Waals surface area contributed by atoms with Gasteiger partial charge in [-0.3, -0.25) is 14.2 Å². The minimum absolute atomic E-state index is 0.0159. The van der Waals surface area contributed by atoms with Gasteiger partial charge in [0.1, 0.15) is 5.75 Å². The highest BCUT2D eigenvalue weighted by Gasteiger charge is 2.21. The van der Waals surface area contributed by atoms with Gasteiger partial charge in [-0.25, -0.2) is 0 Å². The van der Waals surface area contributed by atoms with Crippen LogP contribution in [0.1, 0.15) is 28.0 Å². The number of aromatic nitrogens is 1. The standard InChI is InChI=1S/C21H20ClN3O6/c1-13-17(12-20(27)23-9-2-10-31-25(29)30)18-11-16(26)7-8-19(18)24(13)21(28)14-3-5-15(22)6-4-14/h3-8,11,26H,2,9-10,12H2,1H3,(H,23,27). The first-order valence-electron chi connectivity index (χ1n) is 9.45. The van der Waals surface area contributed by atoms with E-state index >= 15 is 0 Å². The van der Waals surface area contributed by atoms with Gasteiger partial charge in [0, 0.05) is 28.2 Å². The minimum Gasteiger partial charge on any atom is -0.508 e. The predicted molar refractivity (Wildman–Crippen MR) is 114 cm³/mol. The highest BCUT2D eigenvalue weighted by Crippen LogP contribution is 2.30. The second kappa shape index (κ2) is 9.48. The van der Waals surface area contributed by atoms with Crippen molar-refractivity contribution >= 4 is 34.3 Å². The zero-order valence-electron chi connectivity index (χ0n) is 16.6. The number of halogens is 1. The number of carbonyl (C=O) groups is 2. The summed E-state index contributed by atoms with van der Waals surface area (Å²) < 4.78 is 1.51. The normalized spacial score (nSPS) is 10.8. The Labute approximate surface area is 182 Å². The van der Waals surface area contributed by atoms with Gasteiger partial charge >= 0.3 is 0 Å². The number of rotatable bonds is 8. The molecule has 0 bridgehead atoms. The van der Waals surface area contributed by atoms with E-state index < -0.39 is 5.09 Å². The van der Waals surface area contributed by atoms with Gasteiger partial charge in [0.15, 0.2) is 0 Å². The largest absolute Gasteiger partial charge is 0.508 e. The molecule has 3 aromatic rings. The first-order valence-corrected chi connectivity index (χ1v) is 9.83. The highest BCUT2D eigenvalue weighted by atomic mass is 35.5. The van der Waals surface area contributed by atoms with E-state index in [1.54, 1.807) is 37.3 Å². The summed E-state index contributed by atoms with van der Waals surface area (Å²) in [4.78, 5) is 39.9. The van der Waals surface area contributed by atoms with Crippen LogP contribution in [0.4, 0.5) is 0 Å². The molecule has 0 spiro atoms. The van der Waals surface area contributed by atoms with Crippen LogP contribution in [0, 0.1) is 17.0 Å². The lowest BCUT2D eigenvalue weighted by Gasteiger charge is -2.08. The summed E-state index contributed by atoms with van der Waals surface area (Å²) in [5, 5.41) is 23.0. The number of benzene rings is 2. The van der Waals surface area contributed by atoms with Gasteiger partial charge in [-0.15, -0.1) is 10.1 Å².